The fourth-order valence-corrected chi connectivity index (χ4v) is 2.44. The molecule has 0 radical (unpaired) electrons. The van der Waals surface area contributed by atoms with Gasteiger partial charge in [-0.05, 0) is 24.8 Å². The van der Waals surface area contributed by atoms with Crippen LogP contribution in [0.1, 0.15) is 25.7 Å². The first-order chi connectivity index (χ1) is 9.21. The van der Waals surface area contributed by atoms with Crippen LogP contribution in [-0.4, -0.2) is 42.3 Å². The van der Waals surface area contributed by atoms with Gasteiger partial charge >= 0.3 is 12.0 Å². The van der Waals surface area contributed by atoms with Crippen LogP contribution in [0.3, 0.4) is 0 Å². The van der Waals surface area contributed by atoms with E-state index in [1.807, 2.05) is 0 Å². The average Bonchev–Trinajstić information content (AvgIpc) is 2.94. The van der Waals surface area contributed by atoms with Crippen LogP contribution in [0.15, 0.2) is 0 Å². The Labute approximate surface area is 112 Å². The van der Waals surface area contributed by atoms with E-state index < -0.39 is 0 Å². The molecule has 0 bridgehead atoms. The zero-order valence-corrected chi connectivity index (χ0v) is 11.5. The Morgan fingerprint density at radius 1 is 1.11 bits per heavy atom. The van der Waals surface area contributed by atoms with Gasteiger partial charge in [-0.1, -0.05) is 12.8 Å². The maximum absolute atomic E-state index is 5.90. The van der Waals surface area contributed by atoms with Crippen molar-refractivity contribution in [1.29, 1.82) is 0 Å². The Bertz CT molecular complexity index is 398. The lowest BCUT2D eigenvalue weighted by molar-refractivity contribution is 0.327. The highest BCUT2D eigenvalue weighted by Gasteiger charge is 2.32. The third-order valence-electron chi connectivity index (χ3n) is 3.68. The number of rotatable bonds is 6. The molecule has 1 aliphatic carbocycles. The molecule has 1 saturated carbocycles. The quantitative estimate of drug-likeness (QED) is 0.787. The highest BCUT2D eigenvalue weighted by Crippen LogP contribution is 2.37. The maximum Gasteiger partial charge on any atom is 0.324 e. The molecule has 2 rings (SSSR count). The fraction of sp³-hybridized carbons (Fsp3) is 0.750. The molecule has 1 heterocycles. The minimum atomic E-state index is 0.160. The number of anilines is 1. The van der Waals surface area contributed by atoms with Gasteiger partial charge in [0.2, 0.25) is 5.95 Å². The van der Waals surface area contributed by atoms with E-state index in [0.717, 1.165) is 19.4 Å². The van der Waals surface area contributed by atoms with Crippen LogP contribution in [0, 0.1) is 5.41 Å². The van der Waals surface area contributed by atoms with Gasteiger partial charge in [0.05, 0.1) is 14.2 Å². The average molecular weight is 267 g/mol. The monoisotopic (exact) mass is 267 g/mol. The summed E-state index contributed by atoms with van der Waals surface area (Å²) in [6.07, 6.45) is 4.77. The molecule has 7 heteroatoms. The molecule has 7 nitrogen and oxygen atoms in total. The molecule has 19 heavy (non-hydrogen) atoms. The molecule has 0 aromatic carbocycles. The van der Waals surface area contributed by atoms with Crippen molar-refractivity contribution in [3.63, 3.8) is 0 Å². The van der Waals surface area contributed by atoms with E-state index in [-0.39, 0.29) is 17.4 Å². The van der Waals surface area contributed by atoms with Crippen molar-refractivity contribution in [3.05, 3.63) is 0 Å². The number of aromatic nitrogens is 3. The second-order valence-electron chi connectivity index (χ2n) is 4.90. The summed E-state index contributed by atoms with van der Waals surface area (Å²) in [6, 6.07) is 0.477. The summed E-state index contributed by atoms with van der Waals surface area (Å²) in [5.74, 6) is 0.462. The summed E-state index contributed by atoms with van der Waals surface area (Å²) >= 11 is 0. The third-order valence-corrected chi connectivity index (χ3v) is 3.68. The Hall–Kier alpha value is -1.63. The van der Waals surface area contributed by atoms with Crippen LogP contribution in [0.25, 0.3) is 0 Å². The van der Waals surface area contributed by atoms with Gasteiger partial charge in [-0.3, -0.25) is 0 Å². The second-order valence-corrected chi connectivity index (χ2v) is 4.90. The van der Waals surface area contributed by atoms with Crippen molar-refractivity contribution in [1.82, 2.24) is 15.0 Å². The van der Waals surface area contributed by atoms with Crippen molar-refractivity contribution >= 4 is 5.95 Å². The fourth-order valence-electron chi connectivity index (χ4n) is 2.44. The zero-order chi connectivity index (χ0) is 13.7. The van der Waals surface area contributed by atoms with Gasteiger partial charge in [-0.2, -0.15) is 9.97 Å². The second kappa shape index (κ2) is 6.01. The van der Waals surface area contributed by atoms with Crippen LogP contribution in [0.4, 0.5) is 5.95 Å². The molecule has 1 fully saturated rings. The van der Waals surface area contributed by atoms with Gasteiger partial charge < -0.3 is 20.5 Å². The van der Waals surface area contributed by atoms with E-state index in [1.165, 1.54) is 27.1 Å². The van der Waals surface area contributed by atoms with E-state index >= 15 is 0 Å². The van der Waals surface area contributed by atoms with Crippen molar-refractivity contribution in [2.24, 2.45) is 11.1 Å². The third kappa shape index (κ3) is 3.23. The minimum Gasteiger partial charge on any atom is -0.467 e. The number of hydrogen-bond donors (Lipinski definition) is 2. The van der Waals surface area contributed by atoms with Gasteiger partial charge in [0.1, 0.15) is 0 Å². The van der Waals surface area contributed by atoms with Crippen LogP contribution in [0.2, 0.25) is 0 Å². The lowest BCUT2D eigenvalue weighted by Crippen LogP contribution is -2.35. The molecule has 0 unspecified atom stereocenters. The van der Waals surface area contributed by atoms with Gasteiger partial charge in [0.25, 0.3) is 0 Å². The molecule has 0 atom stereocenters. The summed E-state index contributed by atoms with van der Waals surface area (Å²) in [6.45, 7) is 1.44. The Morgan fingerprint density at radius 3 is 2.16 bits per heavy atom. The molecule has 0 aliphatic heterocycles. The van der Waals surface area contributed by atoms with Crippen molar-refractivity contribution < 1.29 is 9.47 Å². The molecule has 0 saturated heterocycles. The summed E-state index contributed by atoms with van der Waals surface area (Å²) in [7, 11) is 3.02. The lowest BCUT2D eigenvalue weighted by atomic mass is 9.86. The summed E-state index contributed by atoms with van der Waals surface area (Å²) < 4.78 is 10.0. The number of nitrogens with one attached hydrogen (secondary N) is 1. The molecular formula is C12H21N5O2. The van der Waals surface area contributed by atoms with Crippen LogP contribution < -0.4 is 20.5 Å². The largest absolute Gasteiger partial charge is 0.467 e. The molecule has 0 amide bonds. The van der Waals surface area contributed by atoms with Crippen molar-refractivity contribution in [2.75, 3.05) is 32.6 Å². The molecule has 0 spiro atoms. The molecular weight excluding hydrogens is 246 g/mol. The number of nitrogens with two attached hydrogens (primary N) is 1. The topological polar surface area (TPSA) is 95.2 Å². The molecule has 1 aromatic heterocycles. The number of hydrogen-bond acceptors (Lipinski definition) is 7. The first-order valence-electron chi connectivity index (χ1n) is 6.49. The molecule has 1 aliphatic rings. The van der Waals surface area contributed by atoms with E-state index in [4.69, 9.17) is 15.2 Å². The Kier molecular flexibility index (Phi) is 4.36. The first-order valence-corrected chi connectivity index (χ1v) is 6.49. The lowest BCUT2D eigenvalue weighted by Gasteiger charge is -2.27. The predicted molar refractivity (Wildman–Crippen MR) is 71.4 cm³/mol. The van der Waals surface area contributed by atoms with Crippen LogP contribution in [0.5, 0.6) is 12.0 Å². The van der Waals surface area contributed by atoms with Gasteiger partial charge in [-0.25, -0.2) is 0 Å². The highest BCUT2D eigenvalue weighted by atomic mass is 16.5. The number of ether oxygens (including phenoxy) is 2. The van der Waals surface area contributed by atoms with Crippen molar-refractivity contribution in [3.8, 4) is 12.0 Å². The first kappa shape index (κ1) is 13.8. The highest BCUT2D eigenvalue weighted by molar-refractivity contribution is 5.28. The predicted octanol–water partition coefficient (Wildman–Crippen LogP) is 0.820. The summed E-state index contributed by atoms with van der Waals surface area (Å²) in [4.78, 5) is 12.3. The van der Waals surface area contributed by atoms with Gasteiger partial charge in [-0.15, -0.1) is 4.98 Å². The van der Waals surface area contributed by atoms with Crippen LogP contribution >= 0.6 is 0 Å². The minimum absolute atomic E-state index is 0.160. The van der Waals surface area contributed by atoms with E-state index in [9.17, 15) is 0 Å². The Balaban J connectivity index is 2.06. The molecule has 106 valence electrons. The SMILES string of the molecule is COc1nc(NCC2(CN)CCCC2)nc(OC)n1. The normalized spacial score (nSPS) is 17.2. The van der Waals surface area contributed by atoms with Crippen molar-refractivity contribution in [2.45, 2.75) is 25.7 Å². The number of nitrogens with zero attached hydrogens (tertiary/aromatic N) is 3. The maximum atomic E-state index is 5.90. The zero-order valence-electron chi connectivity index (χ0n) is 11.5. The smallest absolute Gasteiger partial charge is 0.324 e. The molecule has 3 N–H and O–H groups in total. The summed E-state index contributed by atoms with van der Waals surface area (Å²) in [5, 5.41) is 3.23. The summed E-state index contributed by atoms with van der Waals surface area (Å²) in [5.41, 5.74) is 6.06. The van der Waals surface area contributed by atoms with E-state index in [0.29, 0.717) is 12.5 Å². The molecule has 1 aromatic rings. The standard InChI is InChI=1S/C12H21N5O2/c1-18-10-15-9(16-11(17-10)19-2)14-8-12(7-13)5-3-4-6-12/h3-8,13H2,1-2H3,(H,14,15,16,17). The Morgan fingerprint density at radius 2 is 1.68 bits per heavy atom. The van der Waals surface area contributed by atoms with E-state index in [2.05, 4.69) is 20.3 Å². The number of methoxy groups -OCH3 is 2. The van der Waals surface area contributed by atoms with Gasteiger partial charge in [0, 0.05) is 6.54 Å². The van der Waals surface area contributed by atoms with E-state index in [1.54, 1.807) is 0 Å². The van der Waals surface area contributed by atoms with Gasteiger partial charge in [0.15, 0.2) is 0 Å². The van der Waals surface area contributed by atoms with Crippen LogP contribution in [-0.2, 0) is 0 Å².